The van der Waals surface area contributed by atoms with Gasteiger partial charge in [0.05, 0.1) is 17.0 Å². The molecule has 14 nitrogen and oxygen atoms in total. The molecule has 2 aliphatic rings. The van der Waals surface area contributed by atoms with E-state index in [0.717, 1.165) is 27.7 Å². The first-order chi connectivity index (χ1) is 25.1. The van der Waals surface area contributed by atoms with Crippen molar-refractivity contribution in [1.29, 1.82) is 0 Å². The number of Topliss-reactive ketones (excluding diaryl/α,β-unsaturated/α-hetero) is 2. The third kappa shape index (κ3) is 8.19. The lowest BCUT2D eigenvalue weighted by Gasteiger charge is -2.41. The van der Waals surface area contributed by atoms with Crippen molar-refractivity contribution in [3.63, 3.8) is 0 Å². The normalized spacial score (nSPS) is 31.4. The molecule has 2 N–H and O–H groups in total. The lowest BCUT2D eigenvalue weighted by molar-refractivity contribution is -0.192. The summed E-state index contributed by atoms with van der Waals surface area (Å²) in [6, 6.07) is 14.9. The van der Waals surface area contributed by atoms with E-state index in [2.05, 4.69) is 6.58 Å². The van der Waals surface area contributed by atoms with Crippen molar-refractivity contribution in [3.8, 4) is 0 Å². The molecule has 0 amide bonds. The largest absolute Gasteiger partial charge is 0.459 e. The summed E-state index contributed by atoms with van der Waals surface area (Å²) in [7, 11) is 0. The van der Waals surface area contributed by atoms with Gasteiger partial charge in [-0.15, -0.1) is 0 Å². The fraction of sp³-hybridized carbons (Fsp3) is 0.425. The van der Waals surface area contributed by atoms with Gasteiger partial charge < -0.3 is 33.9 Å². The first kappa shape index (κ1) is 41.3. The Balaban J connectivity index is 2.13. The highest BCUT2D eigenvalue weighted by Gasteiger charge is 2.75. The zero-order valence-corrected chi connectivity index (χ0v) is 31.0. The third-order valence-corrected chi connectivity index (χ3v) is 9.53. The average Bonchev–Trinajstić information content (AvgIpc) is 3.27. The molecule has 1 fully saturated rings. The molecule has 4 rings (SSSR count). The SMILES string of the molecule is C=C1[C@H](OC(=O)c2ccccc2)[C@H]2[C@@H](OC(C)=O)[C@](C)(O)[C@@H](OC(C)=O)[C@]2(O)C(=O)[C@@H](C)/C=C/C(C)(C)C(=O)[C@H](OC(C)=O)[C@H]1OC(=O)c1ccccc1. The molecule has 0 unspecified atom stereocenters. The molecule has 0 aromatic heterocycles. The highest BCUT2D eigenvalue weighted by Crippen LogP contribution is 2.52. The van der Waals surface area contributed by atoms with E-state index in [9.17, 15) is 43.8 Å². The van der Waals surface area contributed by atoms with E-state index < -0.39 is 106 Å². The van der Waals surface area contributed by atoms with Gasteiger partial charge >= 0.3 is 29.8 Å². The van der Waals surface area contributed by atoms with Crippen LogP contribution >= 0.6 is 0 Å². The smallest absolute Gasteiger partial charge is 0.338 e. The first-order valence-corrected chi connectivity index (χ1v) is 17.1. The Labute approximate surface area is 312 Å². The number of hydrogen-bond acceptors (Lipinski definition) is 14. The van der Waals surface area contributed by atoms with Crippen molar-refractivity contribution >= 4 is 41.4 Å². The van der Waals surface area contributed by atoms with Gasteiger partial charge in [0.25, 0.3) is 0 Å². The number of ether oxygens (including phenoxy) is 5. The Morgan fingerprint density at radius 2 is 1.11 bits per heavy atom. The molecule has 0 saturated heterocycles. The van der Waals surface area contributed by atoms with Gasteiger partial charge in [-0.05, 0) is 45.0 Å². The van der Waals surface area contributed by atoms with Crippen LogP contribution in [0.5, 0.6) is 0 Å². The number of esters is 5. The lowest BCUT2D eigenvalue weighted by Crippen LogP contribution is -2.61. The monoisotopic (exact) mass is 748 g/mol. The number of benzene rings is 2. The molecule has 54 heavy (non-hydrogen) atoms. The van der Waals surface area contributed by atoms with E-state index in [4.69, 9.17) is 23.7 Å². The molecular weight excluding hydrogens is 704 g/mol. The van der Waals surface area contributed by atoms with Gasteiger partial charge in [-0.3, -0.25) is 24.0 Å². The van der Waals surface area contributed by atoms with Gasteiger partial charge in [0.15, 0.2) is 29.4 Å². The van der Waals surface area contributed by atoms with E-state index in [1.54, 1.807) is 12.1 Å². The number of carbonyl (C=O) groups is 7. The van der Waals surface area contributed by atoms with Crippen LogP contribution in [0.2, 0.25) is 0 Å². The fourth-order valence-electron chi connectivity index (χ4n) is 6.90. The zero-order valence-electron chi connectivity index (χ0n) is 31.0. The van der Waals surface area contributed by atoms with Crippen LogP contribution in [0.1, 0.15) is 69.2 Å². The van der Waals surface area contributed by atoms with E-state index in [1.165, 1.54) is 81.5 Å². The summed E-state index contributed by atoms with van der Waals surface area (Å²) in [5.41, 5.74) is -7.81. The Morgan fingerprint density at radius 1 is 0.648 bits per heavy atom. The second-order valence-corrected chi connectivity index (χ2v) is 14.2. The van der Waals surface area contributed by atoms with Crippen molar-refractivity contribution in [2.75, 3.05) is 0 Å². The van der Waals surface area contributed by atoms with Gasteiger partial charge in [0, 0.05) is 37.7 Å². The number of carbonyl (C=O) groups excluding carboxylic acids is 7. The summed E-state index contributed by atoms with van der Waals surface area (Å²) in [5, 5.41) is 25.0. The van der Waals surface area contributed by atoms with Crippen LogP contribution in [-0.4, -0.2) is 93.3 Å². The average molecular weight is 749 g/mol. The fourth-order valence-corrected chi connectivity index (χ4v) is 6.90. The Kier molecular flexibility index (Phi) is 12.1. The number of allylic oxidation sites excluding steroid dienone is 2. The minimum atomic E-state index is -3.05. The van der Waals surface area contributed by atoms with Crippen LogP contribution in [0.25, 0.3) is 0 Å². The van der Waals surface area contributed by atoms with E-state index in [0.29, 0.717) is 0 Å². The molecule has 0 radical (unpaired) electrons. The minimum Gasteiger partial charge on any atom is -0.459 e. The van der Waals surface area contributed by atoms with Crippen LogP contribution in [0, 0.1) is 17.3 Å². The summed E-state index contributed by atoms with van der Waals surface area (Å²) >= 11 is 0. The van der Waals surface area contributed by atoms with Gasteiger partial charge in [-0.2, -0.15) is 0 Å². The molecule has 2 aliphatic carbocycles. The maximum atomic E-state index is 14.7. The van der Waals surface area contributed by atoms with Gasteiger partial charge in [0.2, 0.25) is 6.10 Å². The Bertz CT molecular complexity index is 1850. The van der Waals surface area contributed by atoms with Crippen LogP contribution in [0.15, 0.2) is 85.0 Å². The summed E-state index contributed by atoms with van der Waals surface area (Å²) in [6.07, 6.45) is -7.73. The number of hydrogen-bond donors (Lipinski definition) is 2. The van der Waals surface area contributed by atoms with E-state index in [-0.39, 0.29) is 11.1 Å². The van der Waals surface area contributed by atoms with Crippen molar-refractivity contribution in [1.82, 2.24) is 0 Å². The predicted octanol–water partition coefficient (Wildman–Crippen LogP) is 3.27. The second kappa shape index (κ2) is 15.9. The van der Waals surface area contributed by atoms with Crippen molar-refractivity contribution in [2.24, 2.45) is 17.3 Å². The van der Waals surface area contributed by atoms with Gasteiger partial charge in [-0.25, -0.2) is 9.59 Å². The van der Waals surface area contributed by atoms with Crippen molar-refractivity contribution in [3.05, 3.63) is 96.1 Å². The lowest BCUT2D eigenvalue weighted by atomic mass is 9.72. The molecule has 0 heterocycles. The van der Waals surface area contributed by atoms with E-state index >= 15 is 0 Å². The first-order valence-electron chi connectivity index (χ1n) is 17.1. The molecule has 14 heteroatoms. The third-order valence-electron chi connectivity index (χ3n) is 9.53. The highest BCUT2D eigenvalue weighted by atomic mass is 16.6. The number of aliphatic hydroxyl groups is 2. The topological polar surface area (TPSA) is 206 Å². The maximum absolute atomic E-state index is 14.7. The highest BCUT2D eigenvalue weighted by molar-refractivity contribution is 5.96. The van der Waals surface area contributed by atoms with Crippen LogP contribution in [-0.2, 0) is 47.7 Å². The molecule has 9 atom stereocenters. The second-order valence-electron chi connectivity index (χ2n) is 14.2. The van der Waals surface area contributed by atoms with Gasteiger partial charge in [-0.1, -0.05) is 62.1 Å². The molecule has 0 aliphatic heterocycles. The predicted molar refractivity (Wildman–Crippen MR) is 188 cm³/mol. The van der Waals surface area contributed by atoms with Crippen LogP contribution < -0.4 is 0 Å². The van der Waals surface area contributed by atoms with Crippen LogP contribution in [0.4, 0.5) is 0 Å². The number of rotatable bonds is 7. The molecule has 1 saturated carbocycles. The van der Waals surface area contributed by atoms with E-state index in [1.807, 2.05) is 0 Å². The molecule has 288 valence electrons. The summed E-state index contributed by atoms with van der Waals surface area (Å²) in [5.74, 6) is -10.5. The molecule has 2 aromatic rings. The van der Waals surface area contributed by atoms with Crippen LogP contribution in [0.3, 0.4) is 0 Å². The van der Waals surface area contributed by atoms with Crippen molar-refractivity contribution < 1.29 is 67.5 Å². The number of fused-ring (bicyclic) bond motifs is 1. The molecule has 0 bridgehead atoms. The van der Waals surface area contributed by atoms with Gasteiger partial charge in [0.1, 0.15) is 17.8 Å². The standard InChI is InChI=1S/C40H44O14/c1-21-19-20-38(6,7)33(45)31(50-23(3)41)30(54-36(47)27-17-13-10-14-18-27)22(2)29(53-35(46)26-15-11-9-12-16-26)28-34(51-24(4)42)39(8,48)37(52-25(5)43)40(28,49)32(21)44/h9-21,28-31,34,37,48-49H,2H2,1,3-8H3/b20-19+/t21-,28-,29-,30-,31+,34+,37+,39-,40+/m0/s1. The maximum Gasteiger partial charge on any atom is 0.338 e. The Morgan fingerprint density at radius 3 is 1.57 bits per heavy atom. The Hall–Kier alpha value is -5.47. The summed E-state index contributed by atoms with van der Waals surface area (Å²) in [6.45, 7) is 12.3. The quantitative estimate of drug-likeness (QED) is 0.237. The number of ketones is 2. The molecular formula is C40H44O14. The zero-order chi connectivity index (χ0) is 40.3. The molecule has 0 spiro atoms. The van der Waals surface area contributed by atoms with Crippen molar-refractivity contribution in [2.45, 2.75) is 90.2 Å². The minimum absolute atomic E-state index is 0.0144. The molecule has 2 aromatic carbocycles. The summed E-state index contributed by atoms with van der Waals surface area (Å²) in [4.78, 5) is 94.7. The summed E-state index contributed by atoms with van der Waals surface area (Å²) < 4.78 is 28.5.